The van der Waals surface area contributed by atoms with E-state index in [1.165, 1.54) is 89.9 Å². The van der Waals surface area contributed by atoms with Crippen molar-refractivity contribution in [2.45, 2.75) is 180 Å². The average Bonchev–Trinajstić information content (AvgIpc) is 3.21. The van der Waals surface area contributed by atoms with Gasteiger partial charge in [0, 0.05) is 6.61 Å². The molecule has 0 aliphatic carbocycles. The number of carbonyl (C=O) groups is 2. The quantitative estimate of drug-likeness (QED) is 0.0234. The fourth-order valence-electron chi connectivity index (χ4n) is 5.71. The van der Waals surface area contributed by atoms with Crippen LogP contribution < -0.4 is 5.73 Å². The smallest absolute Gasteiger partial charge is 0.472 e. The van der Waals surface area contributed by atoms with Crippen molar-refractivity contribution < 1.29 is 42.7 Å². The van der Waals surface area contributed by atoms with Gasteiger partial charge in [-0.25, -0.2) is 4.57 Å². The Balaban J connectivity index is 4.30. The largest absolute Gasteiger partial charge is 0.480 e. The number of esters is 1. The lowest BCUT2D eigenvalue weighted by Crippen LogP contribution is -2.34. The fraction of sp³-hybridized carbons (Fsp3) is 0.667. The van der Waals surface area contributed by atoms with Crippen LogP contribution in [0, 0.1) is 0 Å². The van der Waals surface area contributed by atoms with Crippen molar-refractivity contribution in [3.05, 3.63) is 85.1 Å². The third-order valence-corrected chi connectivity index (χ3v) is 10.1. The molecule has 0 rings (SSSR count). The predicted molar refractivity (Wildman–Crippen MR) is 244 cm³/mol. The van der Waals surface area contributed by atoms with E-state index in [1.807, 2.05) is 12.2 Å². The van der Waals surface area contributed by atoms with Gasteiger partial charge in [0.05, 0.1) is 26.2 Å². The summed E-state index contributed by atoms with van der Waals surface area (Å²) in [5.74, 6) is -1.92. The van der Waals surface area contributed by atoms with Crippen LogP contribution in [-0.2, 0) is 32.7 Å². The first-order valence-corrected chi connectivity index (χ1v) is 24.1. The summed E-state index contributed by atoms with van der Waals surface area (Å²) in [6.45, 7) is 3.61. The zero-order chi connectivity index (χ0) is 43.3. The second kappa shape index (κ2) is 43.2. The Labute approximate surface area is 358 Å². The molecule has 0 aliphatic rings. The van der Waals surface area contributed by atoms with Gasteiger partial charge in [-0.15, -0.1) is 0 Å². The SMILES string of the molecule is CC/C=C\C/C=C\C/C=C\C/C=C\C/C=C\CC(=O)OC(COCCCCCCCCCCCC/C=C\C/C=C\CCCCCCC)COP(=O)(O)OCC(N)C(=O)O. The monoisotopic (exact) mass is 848 g/mol. The predicted octanol–water partition coefficient (Wildman–Crippen LogP) is 12.8. The topological polar surface area (TPSA) is 155 Å². The second-order valence-corrected chi connectivity index (χ2v) is 16.3. The number of hydrogen-bond acceptors (Lipinski definition) is 8. The van der Waals surface area contributed by atoms with Gasteiger partial charge in [0.15, 0.2) is 0 Å². The molecule has 0 spiro atoms. The van der Waals surface area contributed by atoms with Crippen LogP contribution in [0.1, 0.15) is 168 Å². The Morgan fingerprint density at radius 3 is 1.47 bits per heavy atom. The molecule has 0 amide bonds. The lowest BCUT2D eigenvalue weighted by atomic mass is 10.1. The molecule has 0 radical (unpaired) electrons. The van der Waals surface area contributed by atoms with Gasteiger partial charge in [-0.1, -0.05) is 176 Å². The Hall–Kier alpha value is -2.85. The van der Waals surface area contributed by atoms with Crippen LogP contribution in [-0.4, -0.2) is 60.5 Å². The lowest BCUT2D eigenvalue weighted by Gasteiger charge is -2.20. The maximum absolute atomic E-state index is 12.6. The van der Waals surface area contributed by atoms with E-state index in [0.29, 0.717) is 13.0 Å². The number of aliphatic carboxylic acids is 1. The van der Waals surface area contributed by atoms with Crippen LogP contribution in [0.5, 0.6) is 0 Å². The van der Waals surface area contributed by atoms with E-state index in [1.54, 1.807) is 6.08 Å². The number of phosphoric acid groups is 1. The minimum atomic E-state index is -4.65. The van der Waals surface area contributed by atoms with Crippen molar-refractivity contribution >= 4 is 19.8 Å². The number of nitrogens with two attached hydrogens (primary N) is 1. The number of ether oxygens (including phenoxy) is 2. The zero-order valence-electron chi connectivity index (χ0n) is 36.8. The third kappa shape index (κ3) is 43.1. The van der Waals surface area contributed by atoms with Gasteiger partial charge >= 0.3 is 19.8 Å². The number of phosphoric ester groups is 1. The molecule has 11 heteroatoms. The van der Waals surface area contributed by atoms with Gasteiger partial charge in [-0.3, -0.25) is 18.6 Å². The highest BCUT2D eigenvalue weighted by atomic mass is 31.2. The number of carboxylic acids is 1. The molecule has 3 atom stereocenters. The van der Waals surface area contributed by atoms with Crippen molar-refractivity contribution in [2.24, 2.45) is 5.73 Å². The summed E-state index contributed by atoms with van der Waals surface area (Å²) in [5.41, 5.74) is 5.35. The van der Waals surface area contributed by atoms with E-state index in [4.69, 9.17) is 29.4 Å². The van der Waals surface area contributed by atoms with E-state index in [2.05, 4.69) is 80.7 Å². The summed E-state index contributed by atoms with van der Waals surface area (Å²) in [5, 5.41) is 8.90. The maximum atomic E-state index is 12.6. The van der Waals surface area contributed by atoms with Crippen molar-refractivity contribution in [3.8, 4) is 0 Å². The molecule has 3 unspecified atom stereocenters. The van der Waals surface area contributed by atoms with Crippen LogP contribution >= 0.6 is 7.82 Å². The van der Waals surface area contributed by atoms with Crippen LogP contribution in [0.2, 0.25) is 0 Å². The molecule has 0 heterocycles. The fourth-order valence-corrected chi connectivity index (χ4v) is 6.49. The Morgan fingerprint density at radius 1 is 0.559 bits per heavy atom. The molecule has 0 saturated carbocycles. The molecular formula is C48H82NO9P. The number of hydrogen-bond donors (Lipinski definition) is 3. The molecular weight excluding hydrogens is 766 g/mol. The van der Waals surface area contributed by atoms with Gasteiger partial charge in [0.25, 0.3) is 0 Å². The highest BCUT2D eigenvalue weighted by Crippen LogP contribution is 2.43. The van der Waals surface area contributed by atoms with Crippen molar-refractivity contribution in [1.29, 1.82) is 0 Å². The maximum Gasteiger partial charge on any atom is 0.472 e. The van der Waals surface area contributed by atoms with Crippen molar-refractivity contribution in [2.75, 3.05) is 26.4 Å². The number of rotatable bonds is 42. The summed E-state index contributed by atoms with van der Waals surface area (Å²) in [6.07, 6.45) is 55.3. The Morgan fingerprint density at radius 2 is 0.983 bits per heavy atom. The second-order valence-electron chi connectivity index (χ2n) is 14.8. The molecule has 0 aliphatic heterocycles. The minimum absolute atomic E-state index is 0.0135. The number of carbonyl (C=O) groups excluding carboxylic acids is 1. The van der Waals surface area contributed by atoms with Gasteiger partial charge in [-0.05, 0) is 70.6 Å². The molecule has 10 nitrogen and oxygen atoms in total. The molecule has 0 aromatic carbocycles. The molecule has 4 N–H and O–H groups in total. The Kier molecular flexibility index (Phi) is 41.2. The first-order valence-electron chi connectivity index (χ1n) is 22.6. The third-order valence-electron chi connectivity index (χ3n) is 9.19. The van der Waals surface area contributed by atoms with E-state index in [9.17, 15) is 19.0 Å². The molecule has 338 valence electrons. The molecule has 0 saturated heterocycles. The summed E-state index contributed by atoms with van der Waals surface area (Å²) < 4.78 is 33.2. The average molecular weight is 848 g/mol. The van der Waals surface area contributed by atoms with E-state index in [0.717, 1.165) is 51.4 Å². The Bertz CT molecular complexity index is 1260. The first-order chi connectivity index (χ1) is 28.7. The van der Waals surface area contributed by atoms with Gasteiger partial charge < -0.3 is 25.2 Å². The van der Waals surface area contributed by atoms with Gasteiger partial charge in [-0.2, -0.15) is 0 Å². The van der Waals surface area contributed by atoms with Gasteiger partial charge in [0.1, 0.15) is 12.1 Å². The minimum Gasteiger partial charge on any atom is -0.480 e. The summed E-state index contributed by atoms with van der Waals surface area (Å²) in [4.78, 5) is 33.5. The van der Waals surface area contributed by atoms with E-state index in [-0.39, 0.29) is 13.0 Å². The van der Waals surface area contributed by atoms with Crippen LogP contribution in [0.3, 0.4) is 0 Å². The van der Waals surface area contributed by atoms with Crippen molar-refractivity contribution in [3.63, 3.8) is 0 Å². The summed E-state index contributed by atoms with van der Waals surface area (Å²) in [6, 6.07) is -1.49. The summed E-state index contributed by atoms with van der Waals surface area (Å²) in [7, 11) is -4.65. The zero-order valence-corrected chi connectivity index (χ0v) is 37.7. The number of carboxylic acid groups (broad SMARTS) is 1. The molecule has 0 fully saturated rings. The molecule has 0 bridgehead atoms. The van der Waals surface area contributed by atoms with Crippen LogP contribution in [0.15, 0.2) is 85.1 Å². The highest BCUT2D eigenvalue weighted by Gasteiger charge is 2.27. The normalized spacial score (nSPS) is 14.6. The van der Waals surface area contributed by atoms with Crippen LogP contribution in [0.25, 0.3) is 0 Å². The van der Waals surface area contributed by atoms with Crippen LogP contribution in [0.4, 0.5) is 0 Å². The molecule has 0 aromatic rings. The number of allylic oxidation sites excluding steroid dienone is 13. The number of unbranched alkanes of at least 4 members (excludes halogenated alkanes) is 15. The van der Waals surface area contributed by atoms with E-state index < -0.39 is 45.1 Å². The highest BCUT2D eigenvalue weighted by molar-refractivity contribution is 7.47. The van der Waals surface area contributed by atoms with E-state index >= 15 is 0 Å². The molecule has 59 heavy (non-hydrogen) atoms. The van der Waals surface area contributed by atoms with Gasteiger partial charge in [0.2, 0.25) is 0 Å². The van der Waals surface area contributed by atoms with Crippen molar-refractivity contribution in [1.82, 2.24) is 0 Å². The molecule has 0 aromatic heterocycles. The first kappa shape index (κ1) is 56.1. The standard InChI is InChI=1S/C48H82NO9P/c1-3-5-7-9-11-13-15-17-19-20-21-22-23-24-25-27-29-31-33-35-37-39-41-55-42-45(43-56-59(53,54)57-44-46(49)48(51)52)58-47(50)40-38-36-34-32-30-28-26-18-16-14-12-10-8-6-4-2/h6,8,12,14-15,17-18,20-21,26,30,32,36,38,45-46H,3-5,7,9-11,13,16,19,22-25,27-29,31,33-35,37,39-44,49H2,1-2H3,(H,51,52)(H,53,54)/b8-6-,14-12-,17-15-,21-20-,26-18-,32-30-,38-36-. The lowest BCUT2D eigenvalue weighted by molar-refractivity contribution is -0.153. The summed E-state index contributed by atoms with van der Waals surface area (Å²) >= 11 is 0.